The third-order valence-electron chi connectivity index (χ3n) is 6.60. The molecule has 3 aliphatic rings. The van der Waals surface area contributed by atoms with E-state index in [0.717, 1.165) is 83.4 Å². The second-order valence-corrected chi connectivity index (χ2v) is 8.31. The quantitative estimate of drug-likeness (QED) is 0.787. The van der Waals surface area contributed by atoms with Crippen LogP contribution in [0, 0.1) is 5.92 Å². The SMILES string of the molecule is CCN1CCN(c2ncc(N3CCC(C(=O)N4CCCCC4)CC3)cn2)CC1. The molecule has 1 amide bonds. The fraction of sp³-hybridized carbons (Fsp3) is 0.762. The lowest BCUT2D eigenvalue weighted by Crippen LogP contribution is -2.46. The second-order valence-electron chi connectivity index (χ2n) is 8.31. The molecule has 7 heteroatoms. The van der Waals surface area contributed by atoms with Crippen LogP contribution in [0.25, 0.3) is 0 Å². The number of rotatable bonds is 4. The molecular formula is C21H34N6O. The van der Waals surface area contributed by atoms with Gasteiger partial charge in [0.2, 0.25) is 11.9 Å². The van der Waals surface area contributed by atoms with Crippen LogP contribution in [0.5, 0.6) is 0 Å². The number of carbonyl (C=O) groups is 1. The number of likely N-dealkylation sites (tertiary alicyclic amines) is 1. The van der Waals surface area contributed by atoms with E-state index in [4.69, 9.17) is 0 Å². The average Bonchev–Trinajstić information content (AvgIpc) is 2.79. The molecular weight excluding hydrogens is 352 g/mol. The van der Waals surface area contributed by atoms with Gasteiger partial charge in [-0.15, -0.1) is 0 Å². The minimum absolute atomic E-state index is 0.199. The van der Waals surface area contributed by atoms with E-state index in [2.05, 4.69) is 36.5 Å². The van der Waals surface area contributed by atoms with Gasteiger partial charge in [0.05, 0.1) is 18.1 Å². The molecule has 1 aromatic rings. The fourth-order valence-corrected chi connectivity index (χ4v) is 4.66. The molecule has 0 unspecified atom stereocenters. The molecule has 4 rings (SSSR count). The molecule has 28 heavy (non-hydrogen) atoms. The number of piperidine rings is 2. The van der Waals surface area contributed by atoms with Crippen LogP contribution in [-0.2, 0) is 4.79 Å². The zero-order chi connectivity index (χ0) is 19.3. The summed E-state index contributed by atoms with van der Waals surface area (Å²) in [6, 6.07) is 0. The van der Waals surface area contributed by atoms with Crippen LogP contribution in [-0.4, -0.2) is 84.6 Å². The summed E-state index contributed by atoms with van der Waals surface area (Å²) >= 11 is 0. The Morgan fingerprint density at radius 1 is 0.893 bits per heavy atom. The summed E-state index contributed by atoms with van der Waals surface area (Å²) in [7, 11) is 0. The number of hydrogen-bond donors (Lipinski definition) is 0. The largest absolute Gasteiger partial charge is 0.369 e. The maximum absolute atomic E-state index is 12.7. The Morgan fingerprint density at radius 3 is 2.14 bits per heavy atom. The van der Waals surface area contributed by atoms with Crippen molar-refractivity contribution in [3.8, 4) is 0 Å². The predicted molar refractivity (Wildman–Crippen MR) is 112 cm³/mol. The van der Waals surface area contributed by atoms with E-state index in [-0.39, 0.29) is 5.92 Å². The average molecular weight is 387 g/mol. The highest BCUT2D eigenvalue weighted by Gasteiger charge is 2.29. The molecule has 0 aromatic carbocycles. The minimum atomic E-state index is 0.199. The molecule has 3 fully saturated rings. The van der Waals surface area contributed by atoms with Crippen molar-refractivity contribution < 1.29 is 4.79 Å². The summed E-state index contributed by atoms with van der Waals surface area (Å²) in [5.74, 6) is 1.43. The Balaban J connectivity index is 1.28. The minimum Gasteiger partial charge on any atom is -0.369 e. The van der Waals surface area contributed by atoms with Crippen LogP contribution in [0.15, 0.2) is 12.4 Å². The van der Waals surface area contributed by atoms with Gasteiger partial charge in [-0.05, 0) is 38.6 Å². The van der Waals surface area contributed by atoms with Gasteiger partial charge < -0.3 is 19.6 Å². The molecule has 0 aliphatic carbocycles. The molecule has 0 spiro atoms. The van der Waals surface area contributed by atoms with Gasteiger partial charge in [0.15, 0.2) is 0 Å². The highest BCUT2D eigenvalue weighted by Crippen LogP contribution is 2.25. The van der Waals surface area contributed by atoms with Crippen molar-refractivity contribution >= 4 is 17.5 Å². The summed E-state index contributed by atoms with van der Waals surface area (Å²) in [6.07, 6.45) is 9.41. The van der Waals surface area contributed by atoms with Gasteiger partial charge in [0, 0.05) is 58.3 Å². The number of anilines is 2. The number of carbonyl (C=O) groups excluding carboxylic acids is 1. The van der Waals surface area contributed by atoms with Crippen LogP contribution in [0.4, 0.5) is 11.6 Å². The highest BCUT2D eigenvalue weighted by molar-refractivity contribution is 5.79. The zero-order valence-electron chi connectivity index (χ0n) is 17.2. The van der Waals surface area contributed by atoms with Crippen molar-refractivity contribution in [2.45, 2.75) is 39.0 Å². The van der Waals surface area contributed by atoms with Crippen LogP contribution in [0.3, 0.4) is 0 Å². The van der Waals surface area contributed by atoms with Gasteiger partial charge in [-0.3, -0.25) is 4.79 Å². The lowest BCUT2D eigenvalue weighted by Gasteiger charge is -2.36. The van der Waals surface area contributed by atoms with E-state index >= 15 is 0 Å². The van der Waals surface area contributed by atoms with Crippen LogP contribution < -0.4 is 9.80 Å². The highest BCUT2D eigenvalue weighted by atomic mass is 16.2. The van der Waals surface area contributed by atoms with Crippen molar-refractivity contribution in [3.05, 3.63) is 12.4 Å². The first-order valence-electron chi connectivity index (χ1n) is 11.1. The van der Waals surface area contributed by atoms with Gasteiger partial charge in [-0.25, -0.2) is 9.97 Å². The molecule has 1 aromatic heterocycles. The third-order valence-corrected chi connectivity index (χ3v) is 6.60. The van der Waals surface area contributed by atoms with Crippen molar-refractivity contribution in [2.24, 2.45) is 5.92 Å². The molecule has 0 bridgehead atoms. The number of amides is 1. The Hall–Kier alpha value is -1.89. The van der Waals surface area contributed by atoms with Crippen molar-refractivity contribution in [3.63, 3.8) is 0 Å². The van der Waals surface area contributed by atoms with Gasteiger partial charge in [-0.2, -0.15) is 0 Å². The molecule has 4 heterocycles. The van der Waals surface area contributed by atoms with E-state index in [1.165, 1.54) is 19.3 Å². The van der Waals surface area contributed by atoms with Crippen LogP contribution in [0.1, 0.15) is 39.0 Å². The maximum atomic E-state index is 12.7. The smallest absolute Gasteiger partial charge is 0.225 e. The van der Waals surface area contributed by atoms with Gasteiger partial charge >= 0.3 is 0 Å². The van der Waals surface area contributed by atoms with E-state index in [9.17, 15) is 4.79 Å². The first kappa shape index (κ1) is 19.4. The summed E-state index contributed by atoms with van der Waals surface area (Å²) in [5.41, 5.74) is 1.08. The Labute approximate surface area is 168 Å². The molecule has 3 saturated heterocycles. The third kappa shape index (κ3) is 4.40. The van der Waals surface area contributed by atoms with E-state index in [0.29, 0.717) is 5.91 Å². The molecule has 7 nitrogen and oxygen atoms in total. The molecule has 0 atom stereocenters. The molecule has 0 N–H and O–H groups in total. The Morgan fingerprint density at radius 2 is 1.54 bits per heavy atom. The van der Waals surface area contributed by atoms with E-state index in [1.807, 2.05) is 12.4 Å². The maximum Gasteiger partial charge on any atom is 0.225 e. The lowest BCUT2D eigenvalue weighted by atomic mass is 9.94. The van der Waals surface area contributed by atoms with Crippen molar-refractivity contribution in [1.29, 1.82) is 0 Å². The molecule has 154 valence electrons. The molecule has 0 radical (unpaired) electrons. The fourth-order valence-electron chi connectivity index (χ4n) is 4.66. The topological polar surface area (TPSA) is 55.8 Å². The van der Waals surface area contributed by atoms with Gasteiger partial charge in [-0.1, -0.05) is 6.92 Å². The first-order valence-corrected chi connectivity index (χ1v) is 11.1. The van der Waals surface area contributed by atoms with Crippen molar-refractivity contribution in [2.75, 3.05) is 68.7 Å². The van der Waals surface area contributed by atoms with Gasteiger partial charge in [0.1, 0.15) is 0 Å². The Kier molecular flexibility index (Phi) is 6.29. The Bertz CT molecular complexity index is 629. The number of likely N-dealkylation sites (N-methyl/N-ethyl adjacent to an activating group) is 1. The normalized spacial score (nSPS) is 22.5. The molecule has 0 saturated carbocycles. The number of hydrogen-bond acceptors (Lipinski definition) is 6. The summed E-state index contributed by atoms with van der Waals surface area (Å²) in [6.45, 7) is 11.2. The van der Waals surface area contributed by atoms with E-state index in [1.54, 1.807) is 0 Å². The number of nitrogens with zero attached hydrogens (tertiary/aromatic N) is 6. The molecule has 3 aliphatic heterocycles. The first-order chi connectivity index (χ1) is 13.7. The summed E-state index contributed by atoms with van der Waals surface area (Å²) < 4.78 is 0. The predicted octanol–water partition coefficient (Wildman–Crippen LogP) is 1.85. The van der Waals surface area contributed by atoms with Crippen molar-refractivity contribution in [1.82, 2.24) is 19.8 Å². The second kappa shape index (κ2) is 9.07. The summed E-state index contributed by atoms with van der Waals surface area (Å²) in [5, 5.41) is 0. The number of piperazine rings is 1. The van der Waals surface area contributed by atoms with E-state index < -0.39 is 0 Å². The number of aromatic nitrogens is 2. The van der Waals surface area contributed by atoms with Crippen LogP contribution in [0.2, 0.25) is 0 Å². The zero-order valence-corrected chi connectivity index (χ0v) is 17.2. The van der Waals surface area contributed by atoms with Crippen LogP contribution >= 0.6 is 0 Å². The monoisotopic (exact) mass is 386 g/mol. The standard InChI is InChI=1S/C21H34N6O/c1-2-24-12-14-27(15-13-24)21-22-16-19(17-23-21)25-10-6-18(7-11-25)20(28)26-8-4-3-5-9-26/h16-18H,2-15H2,1H3. The summed E-state index contributed by atoms with van der Waals surface area (Å²) in [4.78, 5) is 31.2. The lowest BCUT2D eigenvalue weighted by molar-refractivity contribution is -0.137. The van der Waals surface area contributed by atoms with Gasteiger partial charge in [0.25, 0.3) is 0 Å².